The van der Waals surface area contributed by atoms with Crippen LogP contribution in [0.5, 0.6) is 0 Å². The van der Waals surface area contributed by atoms with Crippen molar-refractivity contribution in [3.63, 3.8) is 0 Å². The van der Waals surface area contributed by atoms with Crippen LogP contribution >= 0.6 is 0 Å². The Kier molecular flexibility index (Phi) is 4.50. The minimum Gasteiger partial charge on any atom is -0.452 e. The standard InChI is InChI=1S/C20H19N3O4/c24-18(21-14-5-2-1-3-6-14)12-27-20(26)13-8-9-16-15(11-13)22-19(25)17-7-4-10-23(16)17/h1-3,5-6,8-9,11,17H,4,7,10,12H2,(H,21,24)(H,22,25)/t17-/m1/s1. The van der Waals surface area contributed by atoms with E-state index in [4.69, 9.17) is 4.74 Å². The molecule has 0 unspecified atom stereocenters. The first-order valence-corrected chi connectivity index (χ1v) is 8.85. The second kappa shape index (κ2) is 7.11. The van der Waals surface area contributed by atoms with E-state index in [0.717, 1.165) is 25.1 Å². The number of fused-ring (bicyclic) bond motifs is 3. The lowest BCUT2D eigenvalue weighted by molar-refractivity contribution is -0.119. The van der Waals surface area contributed by atoms with Crippen molar-refractivity contribution in [3.8, 4) is 0 Å². The fourth-order valence-corrected chi connectivity index (χ4v) is 3.49. The van der Waals surface area contributed by atoms with E-state index in [9.17, 15) is 14.4 Å². The molecular formula is C20H19N3O4. The maximum absolute atomic E-state index is 12.3. The van der Waals surface area contributed by atoms with Gasteiger partial charge in [0.05, 0.1) is 16.9 Å². The molecule has 0 aromatic heterocycles. The maximum atomic E-state index is 12.3. The number of nitrogens with zero attached hydrogens (tertiary/aromatic N) is 1. The number of para-hydroxylation sites is 1. The Morgan fingerprint density at radius 1 is 1.19 bits per heavy atom. The molecular weight excluding hydrogens is 346 g/mol. The van der Waals surface area contributed by atoms with Crippen molar-refractivity contribution >= 4 is 34.8 Å². The Bertz CT molecular complexity index is 897. The molecule has 2 heterocycles. The van der Waals surface area contributed by atoms with Crippen LogP contribution in [0.2, 0.25) is 0 Å². The topological polar surface area (TPSA) is 87.7 Å². The number of esters is 1. The van der Waals surface area contributed by atoms with Gasteiger partial charge in [-0.1, -0.05) is 18.2 Å². The fraction of sp³-hybridized carbons (Fsp3) is 0.250. The SMILES string of the molecule is O=C(COC(=O)c1ccc2c(c1)NC(=O)[C@H]1CCCN21)Nc1ccccc1. The Hall–Kier alpha value is -3.35. The van der Waals surface area contributed by atoms with Gasteiger partial charge in [-0.3, -0.25) is 9.59 Å². The summed E-state index contributed by atoms with van der Waals surface area (Å²) in [5, 5.41) is 5.51. The molecule has 138 valence electrons. The number of hydrogen-bond donors (Lipinski definition) is 2. The molecule has 0 radical (unpaired) electrons. The lowest BCUT2D eigenvalue weighted by Crippen LogP contribution is -2.43. The molecule has 0 aliphatic carbocycles. The van der Waals surface area contributed by atoms with Gasteiger partial charge in [0.2, 0.25) is 5.91 Å². The minimum atomic E-state index is -0.612. The number of hydrogen-bond acceptors (Lipinski definition) is 5. The molecule has 2 aliphatic rings. The van der Waals surface area contributed by atoms with Crippen LogP contribution < -0.4 is 15.5 Å². The van der Waals surface area contributed by atoms with Crippen molar-refractivity contribution in [2.45, 2.75) is 18.9 Å². The molecule has 2 amide bonds. The minimum absolute atomic E-state index is 0.0484. The van der Waals surface area contributed by atoms with Crippen LogP contribution in [-0.4, -0.2) is 37.0 Å². The molecule has 0 saturated carbocycles. The normalized spacial score (nSPS) is 17.6. The van der Waals surface area contributed by atoms with Crippen molar-refractivity contribution in [2.24, 2.45) is 0 Å². The summed E-state index contributed by atoms with van der Waals surface area (Å²) in [6.07, 6.45) is 1.81. The number of amides is 2. The highest BCUT2D eigenvalue weighted by molar-refractivity contribution is 6.05. The molecule has 0 spiro atoms. The number of rotatable bonds is 4. The summed E-state index contributed by atoms with van der Waals surface area (Å²) in [5.74, 6) is -1.08. The van der Waals surface area contributed by atoms with Gasteiger partial charge in [-0.25, -0.2) is 4.79 Å². The highest BCUT2D eigenvalue weighted by atomic mass is 16.5. The Labute approximate surface area is 156 Å². The molecule has 2 aliphatic heterocycles. The molecule has 1 fully saturated rings. The van der Waals surface area contributed by atoms with Crippen LogP contribution in [0.4, 0.5) is 17.1 Å². The third kappa shape index (κ3) is 3.48. The van der Waals surface area contributed by atoms with E-state index < -0.39 is 11.9 Å². The van der Waals surface area contributed by atoms with Gasteiger partial charge in [0, 0.05) is 12.2 Å². The van der Waals surface area contributed by atoms with Crippen LogP contribution in [-0.2, 0) is 14.3 Å². The average molecular weight is 365 g/mol. The van der Waals surface area contributed by atoms with E-state index in [0.29, 0.717) is 16.9 Å². The van der Waals surface area contributed by atoms with Gasteiger partial charge in [-0.2, -0.15) is 0 Å². The summed E-state index contributed by atoms with van der Waals surface area (Å²) in [5.41, 5.74) is 2.44. The summed E-state index contributed by atoms with van der Waals surface area (Å²) in [4.78, 5) is 38.4. The van der Waals surface area contributed by atoms with E-state index >= 15 is 0 Å². The summed E-state index contributed by atoms with van der Waals surface area (Å²) in [6.45, 7) is 0.444. The molecule has 7 heteroatoms. The summed E-state index contributed by atoms with van der Waals surface area (Å²) >= 11 is 0. The Morgan fingerprint density at radius 2 is 2.00 bits per heavy atom. The fourth-order valence-electron chi connectivity index (χ4n) is 3.49. The van der Waals surface area contributed by atoms with Gasteiger partial charge in [-0.05, 0) is 43.2 Å². The largest absolute Gasteiger partial charge is 0.452 e. The highest BCUT2D eigenvalue weighted by Crippen LogP contribution is 2.37. The van der Waals surface area contributed by atoms with Crippen LogP contribution in [0.25, 0.3) is 0 Å². The molecule has 0 bridgehead atoms. The van der Waals surface area contributed by atoms with Crippen LogP contribution in [0.15, 0.2) is 48.5 Å². The predicted octanol–water partition coefficient (Wildman–Crippen LogP) is 2.40. The molecule has 1 atom stereocenters. The van der Waals surface area contributed by atoms with E-state index in [1.807, 2.05) is 12.1 Å². The number of nitrogens with one attached hydrogen (secondary N) is 2. The number of carbonyl (C=O) groups excluding carboxylic acids is 3. The quantitative estimate of drug-likeness (QED) is 0.813. The molecule has 4 rings (SSSR count). The van der Waals surface area contributed by atoms with E-state index in [2.05, 4.69) is 15.5 Å². The van der Waals surface area contributed by atoms with Crippen molar-refractivity contribution in [1.29, 1.82) is 0 Å². The first-order valence-electron chi connectivity index (χ1n) is 8.85. The molecule has 27 heavy (non-hydrogen) atoms. The van der Waals surface area contributed by atoms with Crippen LogP contribution in [0, 0.1) is 0 Å². The van der Waals surface area contributed by atoms with E-state index in [1.54, 1.807) is 36.4 Å². The Morgan fingerprint density at radius 3 is 2.81 bits per heavy atom. The monoisotopic (exact) mass is 365 g/mol. The maximum Gasteiger partial charge on any atom is 0.338 e. The predicted molar refractivity (Wildman–Crippen MR) is 101 cm³/mol. The molecule has 2 N–H and O–H groups in total. The summed E-state index contributed by atoms with van der Waals surface area (Å²) < 4.78 is 5.09. The van der Waals surface area contributed by atoms with E-state index in [-0.39, 0.29) is 18.6 Å². The van der Waals surface area contributed by atoms with Crippen molar-refractivity contribution in [1.82, 2.24) is 0 Å². The van der Waals surface area contributed by atoms with E-state index in [1.165, 1.54) is 0 Å². The lowest BCUT2D eigenvalue weighted by Gasteiger charge is -2.33. The van der Waals surface area contributed by atoms with Crippen molar-refractivity contribution < 1.29 is 19.1 Å². The van der Waals surface area contributed by atoms with Gasteiger partial charge >= 0.3 is 5.97 Å². The van der Waals surface area contributed by atoms with Gasteiger partial charge in [0.25, 0.3) is 5.91 Å². The van der Waals surface area contributed by atoms with Crippen molar-refractivity contribution in [2.75, 3.05) is 28.7 Å². The number of ether oxygens (including phenoxy) is 1. The first-order chi connectivity index (χ1) is 13.1. The molecule has 2 aromatic rings. The van der Waals surface area contributed by atoms with Crippen molar-refractivity contribution in [3.05, 3.63) is 54.1 Å². The molecule has 1 saturated heterocycles. The van der Waals surface area contributed by atoms with Gasteiger partial charge in [0.15, 0.2) is 6.61 Å². The summed E-state index contributed by atoms with van der Waals surface area (Å²) in [6, 6.07) is 13.9. The van der Waals surface area contributed by atoms with Gasteiger partial charge in [0.1, 0.15) is 6.04 Å². The molecule has 7 nitrogen and oxygen atoms in total. The third-order valence-corrected chi connectivity index (χ3v) is 4.75. The number of anilines is 3. The highest BCUT2D eigenvalue weighted by Gasteiger charge is 2.36. The zero-order valence-corrected chi connectivity index (χ0v) is 14.6. The van der Waals surface area contributed by atoms with Gasteiger partial charge in [-0.15, -0.1) is 0 Å². The second-order valence-electron chi connectivity index (χ2n) is 6.56. The zero-order valence-electron chi connectivity index (χ0n) is 14.6. The van der Waals surface area contributed by atoms with Crippen LogP contribution in [0.1, 0.15) is 23.2 Å². The number of benzene rings is 2. The van der Waals surface area contributed by atoms with Gasteiger partial charge < -0.3 is 20.3 Å². The molecule has 2 aromatic carbocycles. The average Bonchev–Trinajstić information content (AvgIpc) is 3.17. The summed E-state index contributed by atoms with van der Waals surface area (Å²) in [7, 11) is 0. The first kappa shape index (κ1) is 17.1. The number of carbonyl (C=O) groups is 3. The lowest BCUT2D eigenvalue weighted by atomic mass is 10.1. The zero-order chi connectivity index (χ0) is 18.8. The smallest absolute Gasteiger partial charge is 0.338 e. The second-order valence-corrected chi connectivity index (χ2v) is 6.56. The Balaban J connectivity index is 1.40. The van der Waals surface area contributed by atoms with Crippen LogP contribution in [0.3, 0.4) is 0 Å². The third-order valence-electron chi connectivity index (χ3n) is 4.75.